The molecule has 4 rings (SSSR count). The van der Waals surface area contributed by atoms with Crippen molar-refractivity contribution in [2.75, 3.05) is 20.7 Å². The van der Waals surface area contributed by atoms with Crippen molar-refractivity contribution in [2.45, 2.75) is 90.5 Å². The number of nitrogens with zero attached hydrogens (tertiary/aromatic N) is 1. The third-order valence-electron chi connectivity index (χ3n) is 8.65. The predicted molar refractivity (Wildman–Crippen MR) is 129 cm³/mol. The normalized spacial score (nSPS) is 40.4. The Morgan fingerprint density at radius 2 is 1.82 bits per heavy atom. The molecule has 0 spiro atoms. The molecule has 0 aromatic rings. The summed E-state index contributed by atoms with van der Waals surface area (Å²) < 4.78 is 12.1. The van der Waals surface area contributed by atoms with Crippen LogP contribution in [0.3, 0.4) is 0 Å². The summed E-state index contributed by atoms with van der Waals surface area (Å²) >= 11 is 0. The first-order valence-electron chi connectivity index (χ1n) is 12.6. The second kappa shape index (κ2) is 9.17. The molecule has 34 heavy (non-hydrogen) atoms. The van der Waals surface area contributed by atoms with Crippen LogP contribution in [0.1, 0.15) is 59.8 Å². The van der Waals surface area contributed by atoms with Crippen molar-refractivity contribution < 1.29 is 29.6 Å². The van der Waals surface area contributed by atoms with E-state index in [0.717, 1.165) is 25.7 Å². The number of rotatable bonds is 4. The van der Waals surface area contributed by atoms with Crippen LogP contribution in [0.2, 0.25) is 0 Å². The Hall–Kier alpha value is -1.51. The van der Waals surface area contributed by atoms with Gasteiger partial charge in [0.05, 0.1) is 12.7 Å². The summed E-state index contributed by atoms with van der Waals surface area (Å²) in [6, 6.07) is 0. The smallest absolute Gasteiger partial charge is 0.249 e. The molecule has 3 N–H and O–H groups in total. The van der Waals surface area contributed by atoms with E-state index in [-0.39, 0.29) is 17.9 Å². The molecule has 4 aliphatic rings. The number of allylic oxidation sites excluding steroid dienone is 4. The molecule has 1 saturated heterocycles. The van der Waals surface area contributed by atoms with Crippen molar-refractivity contribution in [2.24, 2.45) is 16.7 Å². The van der Waals surface area contributed by atoms with E-state index >= 15 is 0 Å². The van der Waals surface area contributed by atoms with Crippen molar-refractivity contribution in [3.05, 3.63) is 34.4 Å². The Labute approximate surface area is 203 Å². The molecule has 7 heteroatoms. The molecule has 3 aliphatic carbocycles. The highest BCUT2D eigenvalue weighted by atomic mass is 16.7. The highest BCUT2D eigenvalue weighted by Gasteiger charge is 2.53. The number of likely N-dealkylation sites (N-methyl/N-ethyl adjacent to an activating group) is 1. The fourth-order valence-corrected chi connectivity index (χ4v) is 6.32. The van der Waals surface area contributed by atoms with Gasteiger partial charge in [-0.2, -0.15) is 0 Å². The highest BCUT2D eigenvalue weighted by molar-refractivity contribution is 5.93. The summed E-state index contributed by atoms with van der Waals surface area (Å²) in [4.78, 5) is 14.6. The average Bonchev–Trinajstić information content (AvgIpc) is 3.06. The van der Waals surface area contributed by atoms with Gasteiger partial charge in [0.2, 0.25) is 5.91 Å². The molecule has 1 amide bonds. The minimum Gasteiger partial charge on any atom is -0.388 e. The monoisotopic (exact) mass is 475 g/mol. The Morgan fingerprint density at radius 1 is 1.12 bits per heavy atom. The van der Waals surface area contributed by atoms with Gasteiger partial charge in [-0.3, -0.25) is 4.79 Å². The summed E-state index contributed by atoms with van der Waals surface area (Å²) in [6.07, 6.45) is 3.21. The number of hydrogen-bond acceptors (Lipinski definition) is 6. The minimum atomic E-state index is -1.37. The van der Waals surface area contributed by atoms with E-state index in [2.05, 4.69) is 33.8 Å². The van der Waals surface area contributed by atoms with Crippen molar-refractivity contribution in [3.63, 3.8) is 0 Å². The highest BCUT2D eigenvalue weighted by Crippen LogP contribution is 2.62. The number of aliphatic hydroxyl groups is 3. The van der Waals surface area contributed by atoms with E-state index in [1.807, 2.05) is 6.08 Å². The van der Waals surface area contributed by atoms with Crippen molar-refractivity contribution in [1.29, 1.82) is 0 Å². The lowest BCUT2D eigenvalue weighted by Crippen LogP contribution is -2.56. The molecule has 7 atom stereocenters. The third kappa shape index (κ3) is 4.20. The second-order valence-corrected chi connectivity index (χ2v) is 11.6. The Balaban J connectivity index is 1.78. The number of aliphatic hydroxyl groups excluding tert-OH is 3. The van der Waals surface area contributed by atoms with Crippen LogP contribution >= 0.6 is 0 Å². The SMILES string of the molecule is CC(C)C1=C2C3=CC=C(C(=O)N(C)C)C[C@H](O[C@@H]4OC[C@@H](O)[C@H](O)[C@H]4O)[C@]3(C)CC[C@@]2(C)CC1. The summed E-state index contributed by atoms with van der Waals surface area (Å²) in [5, 5.41) is 30.7. The lowest BCUT2D eigenvalue weighted by atomic mass is 9.57. The molecule has 0 radical (unpaired) electrons. The molecule has 7 nitrogen and oxygen atoms in total. The Kier molecular flexibility index (Phi) is 6.90. The molecule has 1 heterocycles. The first-order valence-corrected chi connectivity index (χ1v) is 12.6. The fraction of sp³-hybridized carbons (Fsp3) is 0.741. The number of fused-ring (bicyclic) bond motifs is 3. The van der Waals surface area contributed by atoms with Crippen LogP contribution in [0.15, 0.2) is 34.4 Å². The first kappa shape index (κ1) is 25.6. The maximum atomic E-state index is 13.0. The molecule has 1 aliphatic heterocycles. The molecule has 0 bridgehead atoms. The largest absolute Gasteiger partial charge is 0.388 e. The van der Waals surface area contributed by atoms with Crippen LogP contribution in [-0.2, 0) is 14.3 Å². The van der Waals surface area contributed by atoms with Crippen LogP contribution in [0.25, 0.3) is 0 Å². The zero-order valence-electron chi connectivity index (χ0n) is 21.4. The molecular weight excluding hydrogens is 434 g/mol. The minimum absolute atomic E-state index is 0.0690. The summed E-state index contributed by atoms with van der Waals surface area (Å²) in [5.41, 5.74) is 4.49. The maximum Gasteiger partial charge on any atom is 0.249 e. The zero-order chi connectivity index (χ0) is 25.0. The van der Waals surface area contributed by atoms with Gasteiger partial charge in [-0.05, 0) is 48.2 Å². The van der Waals surface area contributed by atoms with Gasteiger partial charge in [0.25, 0.3) is 0 Å². The fourth-order valence-electron chi connectivity index (χ4n) is 6.32. The molecule has 0 aromatic carbocycles. The van der Waals surface area contributed by atoms with Gasteiger partial charge < -0.3 is 29.7 Å². The quantitative estimate of drug-likeness (QED) is 0.578. The molecular formula is C27H41NO6. The van der Waals surface area contributed by atoms with Crippen molar-refractivity contribution in [3.8, 4) is 0 Å². The Morgan fingerprint density at radius 3 is 2.47 bits per heavy atom. The van der Waals surface area contributed by atoms with E-state index in [9.17, 15) is 20.1 Å². The number of ether oxygens (including phenoxy) is 2. The van der Waals surface area contributed by atoms with Crippen LogP contribution < -0.4 is 0 Å². The van der Waals surface area contributed by atoms with Crippen LogP contribution in [0, 0.1) is 16.7 Å². The second-order valence-electron chi connectivity index (χ2n) is 11.6. The van der Waals surface area contributed by atoms with Gasteiger partial charge >= 0.3 is 0 Å². The first-order chi connectivity index (χ1) is 15.9. The van der Waals surface area contributed by atoms with Crippen LogP contribution in [0.4, 0.5) is 0 Å². The molecule has 190 valence electrons. The van der Waals surface area contributed by atoms with Gasteiger partial charge in [-0.25, -0.2) is 0 Å². The molecule has 1 saturated carbocycles. The van der Waals surface area contributed by atoms with E-state index in [0.29, 0.717) is 17.9 Å². The van der Waals surface area contributed by atoms with Crippen LogP contribution in [-0.4, -0.2) is 77.5 Å². The maximum absolute atomic E-state index is 13.0. The molecule has 0 aromatic heterocycles. The van der Waals surface area contributed by atoms with Crippen molar-refractivity contribution >= 4 is 5.91 Å². The van der Waals surface area contributed by atoms with E-state index < -0.39 is 36.1 Å². The zero-order valence-corrected chi connectivity index (χ0v) is 21.4. The van der Waals surface area contributed by atoms with E-state index in [4.69, 9.17) is 9.47 Å². The third-order valence-corrected chi connectivity index (χ3v) is 8.65. The van der Waals surface area contributed by atoms with E-state index in [1.165, 1.54) is 16.7 Å². The predicted octanol–water partition coefficient (Wildman–Crippen LogP) is 2.71. The number of carbonyl (C=O) groups excluding carboxylic acids is 1. The number of amides is 1. The topological polar surface area (TPSA) is 99.5 Å². The average molecular weight is 476 g/mol. The number of carbonyl (C=O) groups is 1. The summed E-state index contributed by atoms with van der Waals surface area (Å²) in [6.45, 7) is 8.95. The van der Waals surface area contributed by atoms with Gasteiger partial charge in [-0.15, -0.1) is 0 Å². The summed E-state index contributed by atoms with van der Waals surface area (Å²) in [7, 11) is 3.48. The number of hydrogen-bond donors (Lipinski definition) is 3. The van der Waals surface area contributed by atoms with Gasteiger partial charge in [0, 0.05) is 31.5 Å². The van der Waals surface area contributed by atoms with Crippen molar-refractivity contribution in [1.82, 2.24) is 4.90 Å². The lowest BCUT2D eigenvalue weighted by molar-refractivity contribution is -0.291. The molecule has 0 unspecified atom stereocenters. The lowest BCUT2D eigenvalue weighted by Gasteiger charge is -2.50. The van der Waals surface area contributed by atoms with Gasteiger partial charge in [0.1, 0.15) is 18.3 Å². The standard InChI is InChI=1S/C27H41NO6/c1-15(2)17-9-10-26(3)11-12-27(4)18(21(17)26)8-7-16(24(32)28(5)6)13-20(27)34-25-23(31)22(30)19(29)14-33-25/h7-8,15,19-20,22-23,25,29-31H,9-14H2,1-6H3/t19-,20+,22+,23-,25+,26-,27-/m1/s1. The molecule has 2 fully saturated rings. The Bertz CT molecular complexity index is 920. The van der Waals surface area contributed by atoms with Gasteiger partial charge in [0.15, 0.2) is 6.29 Å². The van der Waals surface area contributed by atoms with E-state index in [1.54, 1.807) is 19.0 Å². The summed E-state index contributed by atoms with van der Waals surface area (Å²) in [5.74, 6) is 0.371. The van der Waals surface area contributed by atoms with Crippen LogP contribution in [0.5, 0.6) is 0 Å². The van der Waals surface area contributed by atoms with Gasteiger partial charge in [-0.1, -0.05) is 45.4 Å².